The van der Waals surface area contributed by atoms with Crippen LogP contribution in [0.4, 0.5) is 5.69 Å². The number of allylic oxidation sites excluding steroid dienone is 9. The Labute approximate surface area is 133 Å². The predicted molar refractivity (Wildman–Crippen MR) is 95.6 cm³/mol. The lowest BCUT2D eigenvalue weighted by atomic mass is 9.99. The molecule has 0 aliphatic heterocycles. The van der Waals surface area contributed by atoms with Crippen LogP contribution in [0.15, 0.2) is 89.8 Å². The minimum atomic E-state index is 1.08. The van der Waals surface area contributed by atoms with Crippen LogP contribution in [0.2, 0.25) is 0 Å². The number of anilines is 1. The quantitative estimate of drug-likeness (QED) is 0.666. The summed E-state index contributed by atoms with van der Waals surface area (Å²) in [6.07, 6.45) is 20.2. The molecule has 1 aromatic rings. The van der Waals surface area contributed by atoms with E-state index in [1.165, 1.54) is 22.7 Å². The topological polar surface area (TPSA) is 3.24 Å². The molecule has 22 heavy (non-hydrogen) atoms. The van der Waals surface area contributed by atoms with Gasteiger partial charge in [-0.05, 0) is 62.5 Å². The Hall–Kier alpha value is -2.28. The molecule has 112 valence electrons. The monoisotopic (exact) mass is 289 g/mol. The first kappa shape index (κ1) is 14.6. The van der Waals surface area contributed by atoms with Crippen LogP contribution in [-0.4, -0.2) is 0 Å². The third-order valence-corrected chi connectivity index (χ3v) is 4.08. The maximum Gasteiger partial charge on any atom is 0.0458 e. The van der Waals surface area contributed by atoms with Crippen molar-refractivity contribution in [1.29, 1.82) is 0 Å². The average molecular weight is 289 g/mol. The Morgan fingerprint density at radius 1 is 1.00 bits per heavy atom. The summed E-state index contributed by atoms with van der Waals surface area (Å²) >= 11 is 0. The van der Waals surface area contributed by atoms with E-state index in [4.69, 9.17) is 0 Å². The van der Waals surface area contributed by atoms with Gasteiger partial charge in [0, 0.05) is 17.1 Å². The highest BCUT2D eigenvalue weighted by molar-refractivity contribution is 5.61. The second kappa shape index (κ2) is 7.13. The molecule has 0 unspecified atom stereocenters. The zero-order valence-electron chi connectivity index (χ0n) is 13.2. The lowest BCUT2D eigenvalue weighted by Gasteiger charge is -2.31. The molecule has 0 atom stereocenters. The van der Waals surface area contributed by atoms with Crippen LogP contribution in [0.3, 0.4) is 0 Å². The van der Waals surface area contributed by atoms with Gasteiger partial charge in [0.1, 0.15) is 0 Å². The van der Waals surface area contributed by atoms with Crippen molar-refractivity contribution >= 4 is 5.69 Å². The van der Waals surface area contributed by atoms with E-state index in [0.29, 0.717) is 0 Å². The Morgan fingerprint density at radius 3 is 2.50 bits per heavy atom. The summed E-state index contributed by atoms with van der Waals surface area (Å²) in [6, 6.07) is 10.7. The fourth-order valence-corrected chi connectivity index (χ4v) is 3.00. The van der Waals surface area contributed by atoms with Gasteiger partial charge in [-0.3, -0.25) is 0 Å². The molecule has 0 fully saturated rings. The molecule has 0 N–H and O–H groups in total. The highest BCUT2D eigenvalue weighted by Crippen LogP contribution is 2.32. The zero-order valence-corrected chi connectivity index (χ0v) is 13.2. The molecule has 1 aromatic carbocycles. The molecule has 2 aliphatic rings. The molecule has 0 amide bonds. The van der Waals surface area contributed by atoms with Gasteiger partial charge >= 0.3 is 0 Å². The average Bonchev–Trinajstić information content (AvgIpc) is 2.59. The molecule has 0 radical (unpaired) electrons. The van der Waals surface area contributed by atoms with E-state index in [9.17, 15) is 0 Å². The number of benzene rings is 1. The molecule has 0 saturated heterocycles. The highest BCUT2D eigenvalue weighted by atomic mass is 15.2. The molecular formula is C21H23N. The van der Waals surface area contributed by atoms with Crippen molar-refractivity contribution in [2.45, 2.75) is 32.6 Å². The van der Waals surface area contributed by atoms with Gasteiger partial charge in [0.15, 0.2) is 0 Å². The number of para-hydroxylation sites is 1. The third kappa shape index (κ3) is 3.30. The van der Waals surface area contributed by atoms with Crippen LogP contribution < -0.4 is 4.90 Å². The summed E-state index contributed by atoms with van der Waals surface area (Å²) in [5, 5.41) is 0. The van der Waals surface area contributed by atoms with Crippen molar-refractivity contribution in [3.63, 3.8) is 0 Å². The molecule has 1 nitrogen and oxygen atoms in total. The van der Waals surface area contributed by atoms with E-state index in [1.807, 2.05) is 0 Å². The van der Waals surface area contributed by atoms with E-state index >= 15 is 0 Å². The molecule has 0 heterocycles. The number of nitrogens with zero attached hydrogens (tertiary/aromatic N) is 1. The van der Waals surface area contributed by atoms with Crippen molar-refractivity contribution in [1.82, 2.24) is 0 Å². The molecule has 0 spiro atoms. The molecule has 0 bridgehead atoms. The molecular weight excluding hydrogens is 266 g/mol. The summed E-state index contributed by atoms with van der Waals surface area (Å²) in [5.74, 6) is 0. The Balaban J connectivity index is 1.96. The van der Waals surface area contributed by atoms with Crippen LogP contribution in [0.5, 0.6) is 0 Å². The molecule has 3 rings (SSSR count). The normalized spacial score (nSPS) is 18.0. The fraction of sp³-hybridized carbons (Fsp3) is 0.238. The number of hydrogen-bond acceptors (Lipinski definition) is 1. The first-order valence-corrected chi connectivity index (χ1v) is 8.13. The minimum Gasteiger partial charge on any atom is -0.315 e. The maximum atomic E-state index is 2.40. The summed E-state index contributed by atoms with van der Waals surface area (Å²) in [7, 11) is 0. The van der Waals surface area contributed by atoms with Crippen molar-refractivity contribution in [3.8, 4) is 0 Å². The van der Waals surface area contributed by atoms with Gasteiger partial charge in [-0.15, -0.1) is 0 Å². The van der Waals surface area contributed by atoms with Gasteiger partial charge in [-0.25, -0.2) is 0 Å². The van der Waals surface area contributed by atoms with Crippen LogP contribution in [-0.2, 0) is 0 Å². The van der Waals surface area contributed by atoms with Gasteiger partial charge in [0.2, 0.25) is 0 Å². The predicted octanol–water partition coefficient (Wildman–Crippen LogP) is 5.91. The highest BCUT2D eigenvalue weighted by Gasteiger charge is 2.17. The van der Waals surface area contributed by atoms with Crippen LogP contribution in [0, 0.1) is 0 Å². The summed E-state index contributed by atoms with van der Waals surface area (Å²) in [5.41, 5.74) is 5.32. The SMILES string of the molecule is CC=CC1=CC=C(N(C2=CCCC=C2)c2ccccc2)CC1. The van der Waals surface area contributed by atoms with Gasteiger partial charge < -0.3 is 4.90 Å². The van der Waals surface area contributed by atoms with E-state index in [2.05, 4.69) is 84.7 Å². The van der Waals surface area contributed by atoms with Crippen molar-refractivity contribution in [2.24, 2.45) is 0 Å². The van der Waals surface area contributed by atoms with Crippen molar-refractivity contribution in [2.75, 3.05) is 4.90 Å². The maximum absolute atomic E-state index is 2.40. The van der Waals surface area contributed by atoms with Crippen molar-refractivity contribution in [3.05, 3.63) is 89.8 Å². The zero-order chi connectivity index (χ0) is 15.2. The van der Waals surface area contributed by atoms with E-state index in [0.717, 1.165) is 25.7 Å². The lowest BCUT2D eigenvalue weighted by molar-refractivity contribution is 0.868. The Morgan fingerprint density at radius 2 is 1.86 bits per heavy atom. The largest absolute Gasteiger partial charge is 0.315 e. The Kier molecular flexibility index (Phi) is 4.75. The molecule has 0 aromatic heterocycles. The standard InChI is InChI=1S/C21H23N/c1-2-9-18-14-16-21(17-15-18)22(19-10-5-3-6-11-19)20-12-7-4-8-13-20/h2-3,5-7,9-14,16H,4,8,15,17H2,1H3. The smallest absolute Gasteiger partial charge is 0.0458 e. The van der Waals surface area contributed by atoms with Crippen LogP contribution in [0.1, 0.15) is 32.6 Å². The van der Waals surface area contributed by atoms with Gasteiger partial charge in [0.25, 0.3) is 0 Å². The molecule has 2 aliphatic carbocycles. The number of hydrogen-bond donors (Lipinski definition) is 0. The minimum absolute atomic E-state index is 1.08. The second-order valence-electron chi connectivity index (χ2n) is 5.68. The van der Waals surface area contributed by atoms with E-state index in [-0.39, 0.29) is 0 Å². The van der Waals surface area contributed by atoms with Gasteiger partial charge in [-0.1, -0.05) is 48.6 Å². The first-order chi connectivity index (χ1) is 10.9. The summed E-state index contributed by atoms with van der Waals surface area (Å²) < 4.78 is 0. The summed E-state index contributed by atoms with van der Waals surface area (Å²) in [6.45, 7) is 2.08. The van der Waals surface area contributed by atoms with E-state index in [1.54, 1.807) is 0 Å². The molecule has 1 heteroatoms. The van der Waals surface area contributed by atoms with Crippen LogP contribution in [0.25, 0.3) is 0 Å². The van der Waals surface area contributed by atoms with Gasteiger partial charge in [0.05, 0.1) is 0 Å². The first-order valence-electron chi connectivity index (χ1n) is 8.13. The Bertz CT molecular complexity index is 656. The number of rotatable bonds is 4. The van der Waals surface area contributed by atoms with Crippen LogP contribution >= 0.6 is 0 Å². The fourth-order valence-electron chi connectivity index (χ4n) is 3.00. The second-order valence-corrected chi connectivity index (χ2v) is 5.68. The molecule has 0 saturated carbocycles. The summed E-state index contributed by atoms with van der Waals surface area (Å²) in [4.78, 5) is 2.40. The van der Waals surface area contributed by atoms with E-state index < -0.39 is 0 Å². The van der Waals surface area contributed by atoms with Gasteiger partial charge in [-0.2, -0.15) is 0 Å². The third-order valence-electron chi connectivity index (χ3n) is 4.08. The van der Waals surface area contributed by atoms with Crippen molar-refractivity contribution < 1.29 is 0 Å². The lowest BCUT2D eigenvalue weighted by Crippen LogP contribution is -2.22.